The second kappa shape index (κ2) is 8.67. The molecule has 0 spiro atoms. The van der Waals surface area contributed by atoms with Crippen LogP contribution in [-0.2, 0) is 6.54 Å². The summed E-state index contributed by atoms with van der Waals surface area (Å²) >= 11 is 0. The van der Waals surface area contributed by atoms with Gasteiger partial charge in [0.1, 0.15) is 5.75 Å². The van der Waals surface area contributed by atoms with Gasteiger partial charge in [-0.15, -0.1) is 0 Å². The molecule has 1 aromatic carbocycles. The quantitative estimate of drug-likeness (QED) is 0.785. The molecule has 0 bridgehead atoms. The monoisotopic (exact) mass is 317 g/mol. The molecule has 2 aliphatic rings. The fourth-order valence-electron chi connectivity index (χ4n) is 3.68. The molecule has 0 aliphatic carbocycles. The molecule has 128 valence electrons. The molecule has 4 heteroatoms. The molecule has 2 N–H and O–H groups in total. The van der Waals surface area contributed by atoms with Gasteiger partial charge in [0.2, 0.25) is 0 Å². The molecule has 2 saturated heterocycles. The second-order valence-electron chi connectivity index (χ2n) is 7.00. The van der Waals surface area contributed by atoms with Gasteiger partial charge >= 0.3 is 0 Å². The highest BCUT2D eigenvalue weighted by molar-refractivity contribution is 5.33. The third kappa shape index (κ3) is 5.20. The highest BCUT2D eigenvalue weighted by atomic mass is 16.5. The van der Waals surface area contributed by atoms with E-state index in [2.05, 4.69) is 34.1 Å². The zero-order valence-corrected chi connectivity index (χ0v) is 14.3. The van der Waals surface area contributed by atoms with Gasteiger partial charge in [0.25, 0.3) is 0 Å². The van der Waals surface area contributed by atoms with Crippen LogP contribution in [0.3, 0.4) is 0 Å². The van der Waals surface area contributed by atoms with E-state index in [1.807, 2.05) is 0 Å². The van der Waals surface area contributed by atoms with Crippen LogP contribution in [0, 0.1) is 0 Å². The zero-order chi connectivity index (χ0) is 15.9. The number of nitrogens with two attached hydrogens (primary N) is 1. The zero-order valence-electron chi connectivity index (χ0n) is 14.3. The summed E-state index contributed by atoms with van der Waals surface area (Å²) in [4.78, 5) is 5.00. The van der Waals surface area contributed by atoms with E-state index in [-0.39, 0.29) is 0 Å². The Morgan fingerprint density at radius 1 is 1.04 bits per heavy atom. The van der Waals surface area contributed by atoms with E-state index in [1.54, 1.807) is 0 Å². The van der Waals surface area contributed by atoms with Crippen LogP contribution in [0.5, 0.6) is 5.75 Å². The number of rotatable bonds is 7. The molecule has 0 unspecified atom stereocenters. The summed E-state index contributed by atoms with van der Waals surface area (Å²) in [5.74, 6) is 1.05. The van der Waals surface area contributed by atoms with Crippen LogP contribution < -0.4 is 10.5 Å². The van der Waals surface area contributed by atoms with Gasteiger partial charge in [0.15, 0.2) is 0 Å². The Morgan fingerprint density at radius 3 is 2.65 bits per heavy atom. The maximum absolute atomic E-state index is 6.08. The first-order valence-electron chi connectivity index (χ1n) is 9.22. The summed E-state index contributed by atoms with van der Waals surface area (Å²) < 4.78 is 6.08. The van der Waals surface area contributed by atoms with Crippen LogP contribution in [0.4, 0.5) is 0 Å². The standard InChI is InChI=1S/C19H31N3O/c20-18-9-13-22(16-18)15-17-7-2-3-8-19(17)23-14-6-12-21-10-4-1-5-11-21/h2-3,7-8,18H,1,4-6,9-16,20H2/t18-/m0/s1. The van der Waals surface area contributed by atoms with Crippen molar-refractivity contribution in [2.75, 3.05) is 39.3 Å². The van der Waals surface area contributed by atoms with E-state index in [1.165, 1.54) is 44.5 Å². The van der Waals surface area contributed by atoms with Crippen LogP contribution in [-0.4, -0.2) is 55.2 Å². The van der Waals surface area contributed by atoms with Crippen molar-refractivity contribution in [3.05, 3.63) is 29.8 Å². The summed E-state index contributed by atoms with van der Waals surface area (Å²) in [6, 6.07) is 8.80. The van der Waals surface area contributed by atoms with Crippen LogP contribution in [0.2, 0.25) is 0 Å². The average Bonchev–Trinajstić information content (AvgIpc) is 2.99. The molecule has 0 amide bonds. The lowest BCUT2D eigenvalue weighted by atomic mass is 10.1. The Morgan fingerprint density at radius 2 is 1.87 bits per heavy atom. The Kier molecular flexibility index (Phi) is 6.31. The molecule has 0 aromatic heterocycles. The molecule has 4 nitrogen and oxygen atoms in total. The molecule has 23 heavy (non-hydrogen) atoms. The van der Waals surface area contributed by atoms with E-state index in [0.29, 0.717) is 6.04 Å². The van der Waals surface area contributed by atoms with E-state index in [0.717, 1.165) is 44.8 Å². The van der Waals surface area contributed by atoms with Crippen molar-refractivity contribution in [3.8, 4) is 5.75 Å². The topological polar surface area (TPSA) is 41.7 Å². The summed E-state index contributed by atoms with van der Waals surface area (Å²) in [6.45, 7) is 7.58. The second-order valence-corrected chi connectivity index (χ2v) is 7.00. The van der Waals surface area contributed by atoms with Crippen LogP contribution in [0.25, 0.3) is 0 Å². The number of likely N-dealkylation sites (tertiary alicyclic amines) is 2. The smallest absolute Gasteiger partial charge is 0.123 e. The maximum atomic E-state index is 6.08. The van der Waals surface area contributed by atoms with Crippen molar-refractivity contribution in [1.29, 1.82) is 0 Å². The number of benzene rings is 1. The minimum atomic E-state index is 0.340. The van der Waals surface area contributed by atoms with Crippen LogP contribution in [0.1, 0.15) is 37.7 Å². The number of nitrogens with zero attached hydrogens (tertiary/aromatic N) is 2. The van der Waals surface area contributed by atoms with E-state index in [9.17, 15) is 0 Å². The number of hydrogen-bond acceptors (Lipinski definition) is 4. The average molecular weight is 317 g/mol. The predicted molar refractivity (Wildman–Crippen MR) is 94.7 cm³/mol. The van der Waals surface area contributed by atoms with Crippen molar-refractivity contribution >= 4 is 0 Å². The lowest BCUT2D eigenvalue weighted by Crippen LogP contribution is -2.31. The minimum absolute atomic E-state index is 0.340. The first-order chi connectivity index (χ1) is 11.3. The van der Waals surface area contributed by atoms with Crippen LogP contribution >= 0.6 is 0 Å². The molecule has 0 saturated carbocycles. The van der Waals surface area contributed by atoms with Gasteiger partial charge in [-0.05, 0) is 44.8 Å². The van der Waals surface area contributed by atoms with Gasteiger partial charge in [-0.25, -0.2) is 0 Å². The van der Waals surface area contributed by atoms with E-state index >= 15 is 0 Å². The van der Waals surface area contributed by atoms with E-state index in [4.69, 9.17) is 10.5 Å². The summed E-state index contributed by atoms with van der Waals surface area (Å²) in [6.07, 6.45) is 6.35. The molecule has 0 radical (unpaired) electrons. The Hall–Kier alpha value is -1.10. The van der Waals surface area contributed by atoms with Gasteiger partial charge in [-0.2, -0.15) is 0 Å². The number of piperidine rings is 1. The number of ether oxygens (including phenoxy) is 1. The maximum Gasteiger partial charge on any atom is 0.123 e. The molecular formula is C19H31N3O. The molecule has 3 rings (SSSR count). The van der Waals surface area contributed by atoms with Crippen molar-refractivity contribution in [2.24, 2.45) is 5.73 Å². The lowest BCUT2D eigenvalue weighted by molar-refractivity contribution is 0.203. The highest BCUT2D eigenvalue weighted by Gasteiger charge is 2.20. The van der Waals surface area contributed by atoms with E-state index < -0.39 is 0 Å². The minimum Gasteiger partial charge on any atom is -0.493 e. The van der Waals surface area contributed by atoms with Crippen molar-refractivity contribution in [1.82, 2.24) is 9.80 Å². The van der Waals surface area contributed by atoms with Crippen molar-refractivity contribution < 1.29 is 4.74 Å². The number of para-hydroxylation sites is 1. The Balaban J connectivity index is 1.43. The summed E-state index contributed by atoms with van der Waals surface area (Å²) in [7, 11) is 0. The highest BCUT2D eigenvalue weighted by Crippen LogP contribution is 2.22. The predicted octanol–water partition coefficient (Wildman–Crippen LogP) is 2.47. The third-order valence-corrected chi connectivity index (χ3v) is 5.00. The normalized spacial score (nSPS) is 23.3. The molecule has 2 fully saturated rings. The first kappa shape index (κ1) is 16.7. The molecule has 2 aliphatic heterocycles. The largest absolute Gasteiger partial charge is 0.493 e. The summed E-state index contributed by atoms with van der Waals surface area (Å²) in [5, 5.41) is 0. The fraction of sp³-hybridized carbons (Fsp3) is 0.684. The van der Waals surface area contributed by atoms with Crippen molar-refractivity contribution in [3.63, 3.8) is 0 Å². The molecule has 2 heterocycles. The fourth-order valence-corrected chi connectivity index (χ4v) is 3.68. The van der Waals surface area contributed by atoms with Gasteiger partial charge in [0, 0.05) is 37.8 Å². The third-order valence-electron chi connectivity index (χ3n) is 5.00. The van der Waals surface area contributed by atoms with Gasteiger partial charge < -0.3 is 15.4 Å². The van der Waals surface area contributed by atoms with Gasteiger partial charge in [-0.1, -0.05) is 24.6 Å². The SMILES string of the molecule is N[C@H]1CCN(Cc2ccccc2OCCCN2CCCCC2)C1. The molecule has 1 atom stereocenters. The Labute approximate surface area is 140 Å². The number of hydrogen-bond donors (Lipinski definition) is 1. The molecular weight excluding hydrogens is 286 g/mol. The van der Waals surface area contributed by atoms with Crippen LogP contribution in [0.15, 0.2) is 24.3 Å². The van der Waals surface area contributed by atoms with Gasteiger partial charge in [-0.3, -0.25) is 4.90 Å². The van der Waals surface area contributed by atoms with Gasteiger partial charge in [0.05, 0.1) is 6.61 Å². The summed E-state index contributed by atoms with van der Waals surface area (Å²) in [5.41, 5.74) is 7.30. The Bertz CT molecular complexity index is 473. The first-order valence-corrected chi connectivity index (χ1v) is 9.22. The van der Waals surface area contributed by atoms with Crippen molar-refractivity contribution in [2.45, 2.75) is 44.7 Å². The lowest BCUT2D eigenvalue weighted by Gasteiger charge is -2.26. The molecule has 1 aromatic rings.